The molecule has 0 fully saturated rings. The summed E-state index contributed by atoms with van der Waals surface area (Å²) in [4.78, 5) is 10.8. The number of aryl methyl sites for hydroxylation is 1. The molecule has 0 aliphatic rings. The highest BCUT2D eigenvalue weighted by atomic mass is 79.9. The minimum Gasteiger partial charge on any atom is -0.507 e. The fourth-order valence-corrected chi connectivity index (χ4v) is 1.93. The number of aromatic hydroxyl groups is 1. The summed E-state index contributed by atoms with van der Waals surface area (Å²) >= 11 is 3.30. The second-order valence-corrected chi connectivity index (χ2v) is 4.33. The van der Waals surface area contributed by atoms with Gasteiger partial charge in [0.2, 0.25) is 0 Å². The summed E-state index contributed by atoms with van der Waals surface area (Å²) < 4.78 is 0.792. The lowest BCUT2D eigenvalue weighted by atomic mass is 9.97. The quantitative estimate of drug-likeness (QED) is 0.890. The second kappa shape index (κ2) is 4.66. The van der Waals surface area contributed by atoms with E-state index in [0.717, 1.165) is 10.0 Å². The Hall–Kier alpha value is -1.03. The Morgan fingerprint density at radius 1 is 1.53 bits per heavy atom. The lowest BCUT2D eigenvalue weighted by molar-refractivity contribution is -0.138. The van der Waals surface area contributed by atoms with Gasteiger partial charge in [0.25, 0.3) is 0 Å². The molecule has 15 heavy (non-hydrogen) atoms. The van der Waals surface area contributed by atoms with Crippen LogP contribution in [0.25, 0.3) is 0 Å². The van der Waals surface area contributed by atoms with E-state index in [0.29, 0.717) is 12.0 Å². The smallest absolute Gasteiger partial charge is 0.310 e. The molecule has 0 aliphatic heterocycles. The van der Waals surface area contributed by atoms with Crippen LogP contribution in [0.5, 0.6) is 5.75 Å². The van der Waals surface area contributed by atoms with E-state index in [1.54, 1.807) is 19.1 Å². The zero-order valence-electron chi connectivity index (χ0n) is 8.62. The van der Waals surface area contributed by atoms with Crippen molar-refractivity contribution < 1.29 is 15.0 Å². The fourth-order valence-electron chi connectivity index (χ4n) is 1.41. The number of hydrogen-bond acceptors (Lipinski definition) is 2. The van der Waals surface area contributed by atoms with Crippen LogP contribution in [-0.4, -0.2) is 16.2 Å². The van der Waals surface area contributed by atoms with E-state index < -0.39 is 11.9 Å². The summed E-state index contributed by atoms with van der Waals surface area (Å²) in [5.41, 5.74) is 1.21. The number of rotatable bonds is 3. The zero-order valence-corrected chi connectivity index (χ0v) is 10.2. The van der Waals surface area contributed by atoms with Gasteiger partial charge in [0.15, 0.2) is 0 Å². The normalized spacial score (nSPS) is 12.5. The number of carboxylic acid groups (broad SMARTS) is 1. The largest absolute Gasteiger partial charge is 0.507 e. The Morgan fingerprint density at radius 3 is 2.60 bits per heavy atom. The number of carbonyl (C=O) groups is 1. The van der Waals surface area contributed by atoms with Crippen molar-refractivity contribution in [1.82, 2.24) is 0 Å². The Labute approximate surface area is 96.9 Å². The molecule has 0 spiro atoms. The van der Waals surface area contributed by atoms with Crippen molar-refractivity contribution in [3.63, 3.8) is 0 Å². The molecule has 82 valence electrons. The minimum atomic E-state index is -0.939. The molecular formula is C11H13BrO3. The number of halogens is 1. The van der Waals surface area contributed by atoms with Gasteiger partial charge >= 0.3 is 5.97 Å². The van der Waals surface area contributed by atoms with E-state index in [1.807, 2.05) is 6.92 Å². The number of phenols is 1. The molecule has 1 atom stereocenters. The standard InChI is InChI=1S/C11H13BrO3/c1-3-7-4-8(12)5-9(10(7)13)6(2)11(14)15/h4-6,13H,3H2,1-2H3,(H,14,15). The van der Waals surface area contributed by atoms with Gasteiger partial charge < -0.3 is 10.2 Å². The zero-order chi connectivity index (χ0) is 11.6. The minimum absolute atomic E-state index is 0.0931. The summed E-state index contributed by atoms with van der Waals surface area (Å²) in [5, 5.41) is 18.7. The lowest BCUT2D eigenvalue weighted by Gasteiger charge is -2.12. The van der Waals surface area contributed by atoms with Crippen LogP contribution in [0.2, 0.25) is 0 Å². The second-order valence-electron chi connectivity index (χ2n) is 3.42. The van der Waals surface area contributed by atoms with Crippen molar-refractivity contribution in [1.29, 1.82) is 0 Å². The Kier molecular flexibility index (Phi) is 3.74. The summed E-state index contributed by atoms with van der Waals surface area (Å²) in [6.07, 6.45) is 0.671. The molecule has 0 aliphatic carbocycles. The van der Waals surface area contributed by atoms with Crippen molar-refractivity contribution in [2.24, 2.45) is 0 Å². The van der Waals surface area contributed by atoms with Crippen LogP contribution in [0.15, 0.2) is 16.6 Å². The summed E-state index contributed by atoms with van der Waals surface area (Å²) in [7, 11) is 0. The van der Waals surface area contributed by atoms with E-state index in [2.05, 4.69) is 15.9 Å². The number of benzene rings is 1. The maximum absolute atomic E-state index is 10.8. The highest BCUT2D eigenvalue weighted by Crippen LogP contribution is 2.33. The Bertz CT molecular complexity index is 388. The van der Waals surface area contributed by atoms with Gasteiger partial charge in [0, 0.05) is 10.0 Å². The molecule has 4 heteroatoms. The van der Waals surface area contributed by atoms with Crippen LogP contribution >= 0.6 is 15.9 Å². The molecule has 0 saturated heterocycles. The average molecular weight is 273 g/mol. The molecule has 0 bridgehead atoms. The third-order valence-electron chi connectivity index (χ3n) is 2.40. The Balaban J connectivity index is 3.28. The molecule has 0 saturated carbocycles. The molecule has 0 radical (unpaired) electrons. The maximum Gasteiger partial charge on any atom is 0.310 e. The lowest BCUT2D eigenvalue weighted by Crippen LogP contribution is -2.08. The van der Waals surface area contributed by atoms with Crippen molar-refractivity contribution in [2.75, 3.05) is 0 Å². The molecular weight excluding hydrogens is 260 g/mol. The van der Waals surface area contributed by atoms with E-state index in [1.165, 1.54) is 0 Å². The van der Waals surface area contributed by atoms with Crippen molar-refractivity contribution in [3.05, 3.63) is 27.7 Å². The monoisotopic (exact) mass is 272 g/mol. The molecule has 0 aromatic heterocycles. The highest BCUT2D eigenvalue weighted by Gasteiger charge is 2.19. The maximum atomic E-state index is 10.8. The van der Waals surface area contributed by atoms with Gasteiger partial charge in [-0.05, 0) is 31.0 Å². The SMILES string of the molecule is CCc1cc(Br)cc(C(C)C(=O)O)c1O. The molecule has 1 unspecified atom stereocenters. The predicted molar refractivity (Wildman–Crippen MR) is 61.2 cm³/mol. The van der Waals surface area contributed by atoms with Crippen LogP contribution in [-0.2, 0) is 11.2 Å². The molecule has 0 amide bonds. The molecule has 1 aromatic carbocycles. The van der Waals surface area contributed by atoms with Crippen LogP contribution in [0, 0.1) is 0 Å². The van der Waals surface area contributed by atoms with Crippen LogP contribution in [0.3, 0.4) is 0 Å². The van der Waals surface area contributed by atoms with E-state index in [-0.39, 0.29) is 5.75 Å². The summed E-state index contributed by atoms with van der Waals surface area (Å²) in [6.45, 7) is 3.47. The van der Waals surface area contributed by atoms with Gasteiger partial charge in [-0.25, -0.2) is 0 Å². The van der Waals surface area contributed by atoms with Crippen LogP contribution in [0.1, 0.15) is 30.9 Å². The van der Waals surface area contributed by atoms with Gasteiger partial charge in [-0.2, -0.15) is 0 Å². The number of carboxylic acids is 1. The van der Waals surface area contributed by atoms with Crippen molar-refractivity contribution in [2.45, 2.75) is 26.2 Å². The molecule has 0 heterocycles. The molecule has 1 rings (SSSR count). The van der Waals surface area contributed by atoms with Crippen LogP contribution in [0.4, 0.5) is 0 Å². The molecule has 2 N–H and O–H groups in total. The van der Waals surface area contributed by atoms with Gasteiger partial charge in [0.1, 0.15) is 5.75 Å². The fraction of sp³-hybridized carbons (Fsp3) is 0.364. The summed E-state index contributed by atoms with van der Waals surface area (Å²) in [6, 6.07) is 3.45. The highest BCUT2D eigenvalue weighted by molar-refractivity contribution is 9.10. The van der Waals surface area contributed by atoms with E-state index in [9.17, 15) is 9.90 Å². The van der Waals surface area contributed by atoms with Gasteiger partial charge in [0.05, 0.1) is 5.92 Å². The van der Waals surface area contributed by atoms with Gasteiger partial charge in [-0.1, -0.05) is 22.9 Å². The number of aliphatic carboxylic acids is 1. The third-order valence-corrected chi connectivity index (χ3v) is 2.86. The van der Waals surface area contributed by atoms with E-state index >= 15 is 0 Å². The molecule has 3 nitrogen and oxygen atoms in total. The van der Waals surface area contributed by atoms with E-state index in [4.69, 9.17) is 5.11 Å². The Morgan fingerprint density at radius 2 is 2.13 bits per heavy atom. The van der Waals surface area contributed by atoms with Crippen LogP contribution < -0.4 is 0 Å². The number of phenolic OH excluding ortho intramolecular Hbond substituents is 1. The van der Waals surface area contributed by atoms with Crippen molar-refractivity contribution in [3.8, 4) is 5.75 Å². The summed E-state index contributed by atoms with van der Waals surface area (Å²) in [5.74, 6) is -1.55. The topological polar surface area (TPSA) is 57.5 Å². The van der Waals surface area contributed by atoms with Gasteiger partial charge in [-0.15, -0.1) is 0 Å². The number of hydrogen-bond donors (Lipinski definition) is 2. The van der Waals surface area contributed by atoms with Gasteiger partial charge in [-0.3, -0.25) is 4.79 Å². The average Bonchev–Trinajstić information content (AvgIpc) is 2.19. The first kappa shape index (κ1) is 12.0. The first-order valence-corrected chi connectivity index (χ1v) is 5.50. The predicted octanol–water partition coefficient (Wildman–Crippen LogP) is 2.91. The third kappa shape index (κ3) is 2.50. The first-order chi connectivity index (χ1) is 6.97. The van der Waals surface area contributed by atoms with Crippen molar-refractivity contribution >= 4 is 21.9 Å². The first-order valence-electron chi connectivity index (χ1n) is 4.71. The molecule has 1 aromatic rings.